The normalized spacial score (nSPS) is 19.6. The second kappa shape index (κ2) is 11.7. The fourth-order valence-electron chi connectivity index (χ4n) is 4.53. The third-order valence-electron chi connectivity index (χ3n) is 6.51. The molecule has 0 aliphatic carbocycles. The number of halogens is 3. The predicted molar refractivity (Wildman–Crippen MR) is 128 cm³/mol. The zero-order valence-electron chi connectivity index (χ0n) is 20.0. The van der Waals surface area contributed by atoms with Gasteiger partial charge in [0.05, 0.1) is 18.3 Å². The van der Waals surface area contributed by atoms with Crippen molar-refractivity contribution in [3.8, 4) is 0 Å². The molecule has 10 heteroatoms. The fraction of sp³-hybridized carbons (Fsp3) is 0.462. The minimum absolute atomic E-state index is 0.115. The van der Waals surface area contributed by atoms with Gasteiger partial charge < -0.3 is 19.9 Å². The maximum absolute atomic E-state index is 12.8. The summed E-state index contributed by atoms with van der Waals surface area (Å²) in [5.74, 6) is -0.263. The molecule has 2 fully saturated rings. The molecule has 1 N–H and O–H groups in total. The monoisotopic (exact) mass is 504 g/mol. The molecule has 4 rings (SSSR count). The van der Waals surface area contributed by atoms with Gasteiger partial charge in [0.1, 0.15) is 0 Å². The van der Waals surface area contributed by atoms with Crippen LogP contribution in [0.4, 0.5) is 18.0 Å². The van der Waals surface area contributed by atoms with Gasteiger partial charge in [0.25, 0.3) is 5.91 Å². The van der Waals surface area contributed by atoms with Crippen molar-refractivity contribution < 1.29 is 27.5 Å². The lowest BCUT2D eigenvalue weighted by atomic mass is 10.1. The number of urea groups is 1. The summed E-state index contributed by atoms with van der Waals surface area (Å²) in [4.78, 5) is 31.2. The van der Waals surface area contributed by atoms with Crippen LogP contribution in [0, 0.1) is 0 Å². The lowest BCUT2D eigenvalue weighted by Gasteiger charge is -2.35. The molecule has 0 bridgehead atoms. The van der Waals surface area contributed by atoms with Crippen LogP contribution in [0.25, 0.3) is 0 Å². The number of rotatable bonds is 5. The van der Waals surface area contributed by atoms with Crippen molar-refractivity contribution in [2.45, 2.75) is 25.2 Å². The largest absolute Gasteiger partial charge is 0.416 e. The number of alkyl halides is 3. The Morgan fingerprint density at radius 2 is 1.67 bits per heavy atom. The Labute approximate surface area is 208 Å². The average Bonchev–Trinajstić information content (AvgIpc) is 3.13. The molecule has 0 unspecified atom stereocenters. The molecular weight excluding hydrogens is 473 g/mol. The van der Waals surface area contributed by atoms with E-state index in [0.29, 0.717) is 52.4 Å². The van der Waals surface area contributed by atoms with Crippen molar-refractivity contribution >= 4 is 11.9 Å². The van der Waals surface area contributed by atoms with Crippen molar-refractivity contribution in [3.05, 3.63) is 71.3 Å². The van der Waals surface area contributed by atoms with Crippen LogP contribution in [0.5, 0.6) is 0 Å². The van der Waals surface area contributed by atoms with Gasteiger partial charge in [-0.25, -0.2) is 4.79 Å². The molecule has 7 nitrogen and oxygen atoms in total. The Hall–Kier alpha value is -3.11. The number of hydrogen-bond donors (Lipinski definition) is 1. The number of benzene rings is 2. The summed E-state index contributed by atoms with van der Waals surface area (Å²) in [5.41, 5.74) is 0.524. The number of morpholine rings is 1. The highest BCUT2D eigenvalue weighted by molar-refractivity contribution is 5.94. The van der Waals surface area contributed by atoms with E-state index in [1.807, 2.05) is 30.3 Å². The maximum atomic E-state index is 12.8. The molecule has 2 aromatic rings. The summed E-state index contributed by atoms with van der Waals surface area (Å²) in [5, 5.41) is 2.96. The van der Waals surface area contributed by atoms with Crippen LogP contribution in [0.15, 0.2) is 54.6 Å². The zero-order valence-corrected chi connectivity index (χ0v) is 20.0. The van der Waals surface area contributed by atoms with Crippen LogP contribution in [-0.4, -0.2) is 85.2 Å². The summed E-state index contributed by atoms with van der Waals surface area (Å²) in [6.07, 6.45) is -3.80. The van der Waals surface area contributed by atoms with E-state index in [1.54, 1.807) is 9.80 Å². The number of carbonyl (C=O) groups excluding carboxylic acids is 2. The summed E-state index contributed by atoms with van der Waals surface area (Å²) < 4.78 is 44.3. The van der Waals surface area contributed by atoms with E-state index in [9.17, 15) is 22.8 Å². The molecular formula is C26H31F3N4O3. The number of ether oxygens (including phenoxy) is 1. The second-order valence-electron chi connectivity index (χ2n) is 9.10. The quantitative estimate of drug-likeness (QED) is 0.678. The van der Waals surface area contributed by atoms with Crippen molar-refractivity contribution in [1.29, 1.82) is 0 Å². The minimum atomic E-state index is -4.43. The van der Waals surface area contributed by atoms with Gasteiger partial charge in [-0.15, -0.1) is 0 Å². The van der Waals surface area contributed by atoms with Crippen LogP contribution < -0.4 is 5.32 Å². The van der Waals surface area contributed by atoms with Crippen LogP contribution in [0.1, 0.15) is 27.9 Å². The van der Waals surface area contributed by atoms with E-state index in [-0.39, 0.29) is 23.6 Å². The summed E-state index contributed by atoms with van der Waals surface area (Å²) in [6.45, 7) is 5.03. The second-order valence-corrected chi connectivity index (χ2v) is 9.10. The van der Waals surface area contributed by atoms with Gasteiger partial charge >= 0.3 is 12.2 Å². The van der Waals surface area contributed by atoms with Crippen LogP contribution in [-0.2, 0) is 17.5 Å². The third-order valence-corrected chi connectivity index (χ3v) is 6.51. The summed E-state index contributed by atoms with van der Waals surface area (Å²) in [6, 6.07) is 14.0. The van der Waals surface area contributed by atoms with Gasteiger partial charge in [-0.2, -0.15) is 13.2 Å². The first-order chi connectivity index (χ1) is 17.3. The highest BCUT2D eigenvalue weighted by atomic mass is 19.4. The molecule has 2 aliphatic heterocycles. The number of carbonyl (C=O) groups is 2. The Morgan fingerprint density at radius 1 is 0.917 bits per heavy atom. The lowest BCUT2D eigenvalue weighted by Crippen LogP contribution is -2.52. The van der Waals surface area contributed by atoms with Crippen molar-refractivity contribution in [2.24, 2.45) is 0 Å². The van der Waals surface area contributed by atoms with Gasteiger partial charge in [-0.3, -0.25) is 9.69 Å². The molecule has 0 radical (unpaired) electrons. The molecule has 3 amide bonds. The fourth-order valence-corrected chi connectivity index (χ4v) is 4.53. The van der Waals surface area contributed by atoms with Crippen LogP contribution in [0.3, 0.4) is 0 Å². The van der Waals surface area contributed by atoms with Gasteiger partial charge in [-0.05, 0) is 42.8 Å². The molecule has 36 heavy (non-hydrogen) atoms. The first-order valence-electron chi connectivity index (χ1n) is 12.2. The first kappa shape index (κ1) is 26.0. The van der Waals surface area contributed by atoms with E-state index >= 15 is 0 Å². The van der Waals surface area contributed by atoms with E-state index in [1.165, 1.54) is 12.1 Å². The van der Waals surface area contributed by atoms with Crippen molar-refractivity contribution in [1.82, 2.24) is 20.0 Å². The molecule has 0 spiro atoms. The Bertz CT molecular complexity index is 1020. The van der Waals surface area contributed by atoms with Crippen LogP contribution in [0.2, 0.25) is 0 Å². The highest BCUT2D eigenvalue weighted by Crippen LogP contribution is 2.29. The Balaban J connectivity index is 1.25. The van der Waals surface area contributed by atoms with E-state index in [2.05, 4.69) is 10.2 Å². The van der Waals surface area contributed by atoms with Gasteiger partial charge in [-0.1, -0.05) is 30.3 Å². The van der Waals surface area contributed by atoms with Gasteiger partial charge in [0, 0.05) is 51.4 Å². The van der Waals surface area contributed by atoms with E-state index in [4.69, 9.17) is 4.74 Å². The number of nitrogens with one attached hydrogen (secondary N) is 1. The maximum Gasteiger partial charge on any atom is 0.416 e. The molecule has 2 aromatic carbocycles. The predicted octanol–water partition coefficient (Wildman–Crippen LogP) is 3.46. The summed E-state index contributed by atoms with van der Waals surface area (Å²) in [7, 11) is 0. The van der Waals surface area contributed by atoms with Crippen molar-refractivity contribution in [3.63, 3.8) is 0 Å². The lowest BCUT2D eigenvalue weighted by molar-refractivity contribution is -0.137. The van der Waals surface area contributed by atoms with E-state index in [0.717, 1.165) is 30.7 Å². The Kier molecular flexibility index (Phi) is 8.48. The standard InChI is InChI=1S/C26H31F3N4O3/c27-26(28,29)22-9-7-21(8-10-22)24(34)32-12-4-11-31(13-14-32)18-23-19-33(15-16-36-23)25(35)30-17-20-5-2-1-3-6-20/h1-3,5-10,23H,4,11-19H2,(H,30,35)/t23-/m0/s1. The molecule has 2 aliphatic rings. The van der Waals surface area contributed by atoms with Gasteiger partial charge in [0.15, 0.2) is 0 Å². The molecule has 1 atom stereocenters. The zero-order chi connectivity index (χ0) is 25.5. The SMILES string of the molecule is O=C(NCc1ccccc1)N1CCO[C@@H](CN2CCCN(C(=O)c3ccc(C(F)(F)F)cc3)CC2)C1. The molecule has 0 saturated carbocycles. The van der Waals surface area contributed by atoms with Gasteiger partial charge in [0.2, 0.25) is 0 Å². The summed E-state index contributed by atoms with van der Waals surface area (Å²) >= 11 is 0. The van der Waals surface area contributed by atoms with Crippen molar-refractivity contribution in [2.75, 3.05) is 52.4 Å². The molecule has 2 saturated heterocycles. The number of nitrogens with zero attached hydrogens (tertiary/aromatic N) is 3. The first-order valence-corrected chi connectivity index (χ1v) is 12.2. The molecule has 0 aromatic heterocycles. The van der Waals surface area contributed by atoms with Crippen LogP contribution >= 0.6 is 0 Å². The molecule has 2 heterocycles. The third kappa shape index (κ3) is 6.98. The highest BCUT2D eigenvalue weighted by Gasteiger charge is 2.31. The smallest absolute Gasteiger partial charge is 0.373 e. The number of amides is 3. The minimum Gasteiger partial charge on any atom is -0.373 e. The Morgan fingerprint density at radius 3 is 2.39 bits per heavy atom. The average molecular weight is 505 g/mol. The number of hydrogen-bond acceptors (Lipinski definition) is 4. The van der Waals surface area contributed by atoms with E-state index < -0.39 is 11.7 Å². The molecule has 194 valence electrons. The topological polar surface area (TPSA) is 65.1 Å².